The van der Waals surface area contributed by atoms with Crippen LogP contribution in [0.3, 0.4) is 0 Å². The molecule has 0 saturated carbocycles. The van der Waals surface area contributed by atoms with Gasteiger partial charge in [-0.05, 0) is 38.2 Å². The molecule has 1 atom stereocenters. The Morgan fingerprint density at radius 1 is 1.09 bits per heavy atom. The second-order valence-electron chi connectivity index (χ2n) is 8.58. The Hall–Kier alpha value is -3.07. The first-order valence-electron chi connectivity index (χ1n) is 11.2. The molecule has 2 N–H and O–H groups in total. The standard InChI is InChI=1S/C25H24Cl2FN5O2/c1-14(21-18(26)4-5-19(28)22(21)27)35-24-23-16(12-31-25(24)29)17(13-34-23)15-3-6-20(30-11-15)33-9-7-32(2)8-10-33/h3-6,11-14H,7-10H2,1-2H3,(H2,29,31)/t14-/m1/s1. The molecule has 7 nitrogen and oxygen atoms in total. The number of pyridine rings is 2. The third-order valence-corrected chi connectivity index (χ3v) is 6.98. The number of hydrogen-bond donors (Lipinski definition) is 1. The van der Waals surface area contributed by atoms with Crippen LogP contribution >= 0.6 is 23.2 Å². The van der Waals surface area contributed by atoms with Gasteiger partial charge in [0.15, 0.2) is 11.4 Å². The van der Waals surface area contributed by atoms with Crippen LogP contribution in [0.2, 0.25) is 10.0 Å². The van der Waals surface area contributed by atoms with E-state index in [0.717, 1.165) is 43.1 Å². The third-order valence-electron chi connectivity index (χ3n) is 6.27. The van der Waals surface area contributed by atoms with Crippen LogP contribution in [0.1, 0.15) is 18.6 Å². The summed E-state index contributed by atoms with van der Waals surface area (Å²) in [6.45, 7) is 5.61. The van der Waals surface area contributed by atoms with Crippen molar-refractivity contribution in [2.45, 2.75) is 13.0 Å². The maximum Gasteiger partial charge on any atom is 0.205 e. The lowest BCUT2D eigenvalue weighted by atomic mass is 10.1. The minimum atomic E-state index is -0.710. The average molecular weight is 516 g/mol. The van der Waals surface area contributed by atoms with Crippen molar-refractivity contribution in [3.8, 4) is 16.9 Å². The van der Waals surface area contributed by atoms with Gasteiger partial charge in [0.25, 0.3) is 0 Å². The number of benzene rings is 1. The van der Waals surface area contributed by atoms with Crippen LogP contribution in [0.25, 0.3) is 22.1 Å². The van der Waals surface area contributed by atoms with Gasteiger partial charge in [0.2, 0.25) is 5.75 Å². The van der Waals surface area contributed by atoms with Crippen LogP contribution in [-0.2, 0) is 0 Å². The molecule has 3 aromatic heterocycles. The fourth-order valence-corrected chi connectivity index (χ4v) is 4.91. The number of furan rings is 1. The quantitative estimate of drug-likeness (QED) is 0.336. The van der Waals surface area contributed by atoms with Gasteiger partial charge >= 0.3 is 0 Å². The Balaban J connectivity index is 1.45. The molecule has 1 aliphatic rings. The predicted molar refractivity (Wildman–Crippen MR) is 137 cm³/mol. The molecular weight excluding hydrogens is 492 g/mol. The fourth-order valence-electron chi connectivity index (χ4n) is 4.24. The van der Waals surface area contributed by atoms with Crippen molar-refractivity contribution >= 4 is 45.8 Å². The van der Waals surface area contributed by atoms with Crippen molar-refractivity contribution in [1.29, 1.82) is 0 Å². The first kappa shape index (κ1) is 23.7. The highest BCUT2D eigenvalue weighted by molar-refractivity contribution is 6.36. The van der Waals surface area contributed by atoms with Crippen molar-refractivity contribution < 1.29 is 13.5 Å². The summed E-state index contributed by atoms with van der Waals surface area (Å²) in [6.07, 6.45) is 4.37. The topological polar surface area (TPSA) is 80.7 Å². The fraction of sp³-hybridized carbons (Fsp3) is 0.280. The van der Waals surface area contributed by atoms with Gasteiger partial charge in [-0.25, -0.2) is 14.4 Å². The van der Waals surface area contributed by atoms with Gasteiger partial charge in [-0.1, -0.05) is 23.2 Å². The van der Waals surface area contributed by atoms with Crippen LogP contribution in [0.5, 0.6) is 5.75 Å². The number of fused-ring (bicyclic) bond motifs is 1. The number of piperazine rings is 1. The second kappa shape index (κ2) is 9.53. The molecule has 4 aromatic rings. The van der Waals surface area contributed by atoms with Gasteiger partial charge < -0.3 is 24.7 Å². The Morgan fingerprint density at radius 3 is 2.57 bits per heavy atom. The van der Waals surface area contributed by atoms with E-state index < -0.39 is 11.9 Å². The van der Waals surface area contributed by atoms with Crippen LogP contribution in [0, 0.1) is 5.82 Å². The Labute approximate surface area is 212 Å². The maximum atomic E-state index is 14.0. The number of halogens is 3. The molecule has 1 fully saturated rings. The minimum Gasteiger partial charge on any atom is -0.478 e. The molecular formula is C25H24Cl2FN5O2. The number of nitrogens with zero attached hydrogens (tertiary/aromatic N) is 4. The van der Waals surface area contributed by atoms with E-state index in [4.69, 9.17) is 38.1 Å². The molecule has 10 heteroatoms. The largest absolute Gasteiger partial charge is 0.478 e. The summed E-state index contributed by atoms with van der Waals surface area (Å²) >= 11 is 12.4. The molecule has 4 heterocycles. The van der Waals surface area contributed by atoms with E-state index in [1.54, 1.807) is 19.4 Å². The third kappa shape index (κ3) is 4.49. The number of hydrogen-bond acceptors (Lipinski definition) is 7. The van der Waals surface area contributed by atoms with E-state index in [9.17, 15) is 4.39 Å². The summed E-state index contributed by atoms with van der Waals surface area (Å²) in [5, 5.41) is 0.900. The molecule has 1 aromatic carbocycles. The summed E-state index contributed by atoms with van der Waals surface area (Å²) in [6, 6.07) is 6.66. The van der Waals surface area contributed by atoms with Crippen LogP contribution in [-0.4, -0.2) is 48.1 Å². The molecule has 1 saturated heterocycles. The van der Waals surface area contributed by atoms with Gasteiger partial charge in [-0.15, -0.1) is 0 Å². The number of nitrogen functional groups attached to an aromatic ring is 1. The predicted octanol–water partition coefficient (Wildman–Crippen LogP) is 5.81. The van der Waals surface area contributed by atoms with Crippen LogP contribution < -0.4 is 15.4 Å². The molecule has 1 aliphatic heterocycles. The monoisotopic (exact) mass is 515 g/mol. The number of aromatic nitrogens is 2. The Bertz CT molecular complexity index is 1370. The highest BCUT2D eigenvalue weighted by Crippen LogP contribution is 2.41. The summed E-state index contributed by atoms with van der Waals surface area (Å²) in [5.74, 6) is 0.731. The molecule has 0 spiro atoms. The molecule has 35 heavy (non-hydrogen) atoms. The lowest BCUT2D eigenvalue weighted by Gasteiger charge is -2.33. The van der Waals surface area contributed by atoms with E-state index in [1.807, 2.05) is 18.3 Å². The van der Waals surface area contributed by atoms with Crippen LogP contribution in [0.15, 0.2) is 47.3 Å². The Morgan fingerprint density at radius 2 is 1.86 bits per heavy atom. The van der Waals surface area contributed by atoms with Crippen molar-refractivity contribution in [2.24, 2.45) is 0 Å². The molecule has 0 bridgehead atoms. The minimum absolute atomic E-state index is 0.102. The van der Waals surface area contributed by atoms with Crippen LogP contribution in [0.4, 0.5) is 16.0 Å². The number of likely N-dealkylation sites (N-methyl/N-ethyl adjacent to an activating group) is 1. The van der Waals surface area contributed by atoms with E-state index >= 15 is 0 Å². The van der Waals surface area contributed by atoms with Crippen molar-refractivity contribution in [1.82, 2.24) is 14.9 Å². The van der Waals surface area contributed by atoms with E-state index in [1.165, 1.54) is 12.1 Å². The zero-order valence-electron chi connectivity index (χ0n) is 19.3. The van der Waals surface area contributed by atoms with E-state index in [2.05, 4.69) is 26.8 Å². The number of ether oxygens (including phenoxy) is 1. The van der Waals surface area contributed by atoms with Crippen molar-refractivity contribution in [2.75, 3.05) is 43.9 Å². The number of nitrogens with two attached hydrogens (primary N) is 1. The van der Waals surface area contributed by atoms with E-state index in [0.29, 0.717) is 16.5 Å². The molecule has 5 rings (SSSR count). The highest BCUT2D eigenvalue weighted by Gasteiger charge is 2.23. The van der Waals surface area contributed by atoms with Gasteiger partial charge in [-0.2, -0.15) is 0 Å². The molecule has 0 radical (unpaired) electrons. The van der Waals surface area contributed by atoms with Gasteiger partial charge in [0.05, 0.1) is 16.7 Å². The van der Waals surface area contributed by atoms with Gasteiger partial charge in [0, 0.05) is 60.3 Å². The molecule has 0 unspecified atom stereocenters. The SMILES string of the molecule is C[C@@H](Oc1c(N)ncc2c(-c3ccc(N4CCN(C)CC4)nc3)coc12)c1c(Cl)ccc(F)c1Cl. The number of rotatable bonds is 5. The smallest absolute Gasteiger partial charge is 0.205 e. The summed E-state index contributed by atoms with van der Waals surface area (Å²) in [7, 11) is 2.12. The highest BCUT2D eigenvalue weighted by atomic mass is 35.5. The number of anilines is 2. The molecule has 0 aliphatic carbocycles. The molecule has 182 valence electrons. The first-order valence-corrected chi connectivity index (χ1v) is 11.9. The van der Waals surface area contributed by atoms with E-state index in [-0.39, 0.29) is 21.6 Å². The lowest BCUT2D eigenvalue weighted by Crippen LogP contribution is -2.44. The van der Waals surface area contributed by atoms with Gasteiger partial charge in [-0.3, -0.25) is 0 Å². The zero-order chi connectivity index (χ0) is 24.7. The second-order valence-corrected chi connectivity index (χ2v) is 9.36. The normalized spacial score (nSPS) is 15.5. The first-order chi connectivity index (χ1) is 16.8. The maximum absolute atomic E-state index is 14.0. The summed E-state index contributed by atoms with van der Waals surface area (Å²) in [5.41, 5.74) is 8.55. The molecule has 0 amide bonds. The average Bonchev–Trinajstić information content (AvgIpc) is 3.28. The van der Waals surface area contributed by atoms with Crippen molar-refractivity contribution in [3.63, 3.8) is 0 Å². The summed E-state index contributed by atoms with van der Waals surface area (Å²) < 4.78 is 26.0. The lowest BCUT2D eigenvalue weighted by molar-refractivity contribution is 0.227. The zero-order valence-corrected chi connectivity index (χ0v) is 20.8. The Kier molecular flexibility index (Phi) is 6.44. The van der Waals surface area contributed by atoms with Crippen molar-refractivity contribution in [3.05, 3.63) is 64.3 Å². The summed E-state index contributed by atoms with van der Waals surface area (Å²) in [4.78, 5) is 13.5. The van der Waals surface area contributed by atoms with Gasteiger partial charge in [0.1, 0.15) is 17.7 Å².